The molecule has 0 bridgehead atoms. The Labute approximate surface area is 167 Å². The van der Waals surface area contributed by atoms with Crippen LogP contribution in [-0.2, 0) is 6.18 Å². The highest BCUT2D eigenvalue weighted by Crippen LogP contribution is 2.33. The molecule has 1 amide bonds. The number of carbonyl (C=O) groups excluding carboxylic acids is 1. The van der Waals surface area contributed by atoms with Crippen LogP contribution in [0.5, 0.6) is 5.75 Å². The summed E-state index contributed by atoms with van der Waals surface area (Å²) < 4.78 is 57.1. The van der Waals surface area contributed by atoms with E-state index in [0.29, 0.717) is 23.9 Å². The maximum absolute atomic E-state index is 13.3. The van der Waals surface area contributed by atoms with Crippen molar-refractivity contribution < 1.29 is 27.1 Å². The van der Waals surface area contributed by atoms with E-state index in [-0.39, 0.29) is 11.4 Å². The molecule has 5 nitrogen and oxygen atoms in total. The molecule has 0 fully saturated rings. The molecule has 0 spiro atoms. The first kappa shape index (κ1) is 20.6. The van der Waals surface area contributed by atoms with Crippen LogP contribution in [0.2, 0.25) is 0 Å². The van der Waals surface area contributed by atoms with Crippen molar-refractivity contribution in [2.24, 2.45) is 0 Å². The topological polar surface area (TPSA) is 63.2 Å². The number of amides is 1. The minimum absolute atomic E-state index is 0.0151. The van der Waals surface area contributed by atoms with E-state index < -0.39 is 23.5 Å². The van der Waals surface area contributed by atoms with E-state index in [4.69, 9.17) is 4.74 Å². The lowest BCUT2D eigenvalue weighted by atomic mass is 10.2. The molecule has 0 saturated carbocycles. The molecule has 2 aromatic carbocycles. The number of anilines is 3. The minimum Gasteiger partial charge on any atom is -0.494 e. The highest BCUT2D eigenvalue weighted by Gasteiger charge is 2.34. The van der Waals surface area contributed by atoms with E-state index in [1.165, 1.54) is 5.38 Å². The molecule has 10 heteroatoms. The molecule has 3 aromatic rings. The van der Waals surface area contributed by atoms with Crippen molar-refractivity contribution >= 4 is 33.8 Å². The van der Waals surface area contributed by atoms with Gasteiger partial charge in [-0.15, -0.1) is 11.3 Å². The fourth-order valence-electron chi connectivity index (χ4n) is 2.38. The maximum Gasteiger partial charge on any atom is 0.419 e. The molecule has 29 heavy (non-hydrogen) atoms. The SMILES string of the molecule is CCOc1ccc(Nc2nc(C(=O)Nc3ccc(F)c(C(F)(F)F)c3)cs2)cc1. The molecule has 1 heterocycles. The van der Waals surface area contributed by atoms with E-state index in [1.54, 1.807) is 24.3 Å². The number of thiazole rings is 1. The summed E-state index contributed by atoms with van der Waals surface area (Å²) >= 11 is 1.15. The first-order valence-electron chi connectivity index (χ1n) is 8.40. The minimum atomic E-state index is -4.86. The Morgan fingerprint density at radius 3 is 2.48 bits per heavy atom. The lowest BCUT2D eigenvalue weighted by Gasteiger charge is -2.10. The first-order chi connectivity index (χ1) is 13.8. The van der Waals surface area contributed by atoms with E-state index in [1.807, 2.05) is 6.92 Å². The van der Waals surface area contributed by atoms with E-state index in [0.717, 1.165) is 28.8 Å². The van der Waals surface area contributed by atoms with Gasteiger partial charge in [0.05, 0.1) is 12.2 Å². The molecular weight excluding hydrogens is 410 g/mol. The molecular formula is C19H15F4N3O2S. The van der Waals surface area contributed by atoms with Gasteiger partial charge in [-0.25, -0.2) is 9.37 Å². The lowest BCUT2D eigenvalue weighted by molar-refractivity contribution is -0.139. The summed E-state index contributed by atoms with van der Waals surface area (Å²) in [4.78, 5) is 16.4. The van der Waals surface area contributed by atoms with Crippen LogP contribution in [0.25, 0.3) is 0 Å². The number of benzene rings is 2. The number of halogens is 4. The molecule has 0 saturated heterocycles. The fourth-order valence-corrected chi connectivity index (χ4v) is 3.09. The average Bonchev–Trinajstić information content (AvgIpc) is 3.13. The van der Waals surface area contributed by atoms with Gasteiger partial charge in [0.25, 0.3) is 5.91 Å². The molecule has 0 aliphatic rings. The molecule has 0 aliphatic carbocycles. The van der Waals surface area contributed by atoms with Gasteiger partial charge < -0.3 is 15.4 Å². The van der Waals surface area contributed by atoms with E-state index in [9.17, 15) is 22.4 Å². The third-order valence-electron chi connectivity index (χ3n) is 3.68. The predicted molar refractivity (Wildman–Crippen MR) is 102 cm³/mol. The highest BCUT2D eigenvalue weighted by atomic mass is 32.1. The zero-order chi connectivity index (χ0) is 21.0. The molecule has 3 rings (SSSR count). The second-order valence-electron chi connectivity index (χ2n) is 5.77. The number of rotatable bonds is 6. The standard InChI is InChI=1S/C19H15F4N3O2S/c1-2-28-13-6-3-11(4-7-13)25-18-26-16(10-29-18)17(27)24-12-5-8-15(20)14(9-12)19(21,22)23/h3-10H,2H2,1H3,(H,24,27)(H,25,26). The Hall–Kier alpha value is -3.14. The number of alkyl halides is 3. The number of nitrogens with one attached hydrogen (secondary N) is 2. The van der Waals surface area contributed by atoms with Gasteiger partial charge in [0, 0.05) is 16.8 Å². The maximum atomic E-state index is 13.3. The summed E-state index contributed by atoms with van der Waals surface area (Å²) in [7, 11) is 0. The van der Waals surface area contributed by atoms with Crippen LogP contribution in [0.4, 0.5) is 34.1 Å². The molecule has 0 atom stereocenters. The lowest BCUT2D eigenvalue weighted by Crippen LogP contribution is -2.14. The van der Waals surface area contributed by atoms with Gasteiger partial charge in [0.1, 0.15) is 17.3 Å². The second kappa shape index (κ2) is 8.48. The molecule has 152 valence electrons. The van der Waals surface area contributed by atoms with Crippen LogP contribution in [0.1, 0.15) is 23.0 Å². The molecule has 0 radical (unpaired) electrons. The van der Waals surface area contributed by atoms with Crippen LogP contribution in [-0.4, -0.2) is 17.5 Å². The van der Waals surface area contributed by atoms with Crippen molar-refractivity contribution in [1.82, 2.24) is 4.98 Å². The number of carbonyl (C=O) groups is 1. The van der Waals surface area contributed by atoms with Gasteiger partial charge in [-0.2, -0.15) is 13.2 Å². The average molecular weight is 425 g/mol. The van der Waals surface area contributed by atoms with Crippen molar-refractivity contribution in [2.75, 3.05) is 17.2 Å². The van der Waals surface area contributed by atoms with Crippen LogP contribution >= 0.6 is 11.3 Å². The number of hydrogen-bond acceptors (Lipinski definition) is 5. The monoisotopic (exact) mass is 425 g/mol. The van der Waals surface area contributed by atoms with Crippen LogP contribution in [0.3, 0.4) is 0 Å². The summed E-state index contributed by atoms with van der Waals surface area (Å²) in [5.74, 6) is -1.40. The van der Waals surface area contributed by atoms with Gasteiger partial charge in [-0.1, -0.05) is 0 Å². The number of ether oxygens (including phenoxy) is 1. The zero-order valence-corrected chi connectivity index (χ0v) is 15.8. The summed E-state index contributed by atoms with van der Waals surface area (Å²) in [5.41, 5.74) is -0.895. The van der Waals surface area contributed by atoms with Crippen molar-refractivity contribution in [2.45, 2.75) is 13.1 Å². The van der Waals surface area contributed by atoms with Gasteiger partial charge in [0.2, 0.25) is 0 Å². The van der Waals surface area contributed by atoms with Gasteiger partial charge in [-0.05, 0) is 49.4 Å². The normalized spacial score (nSPS) is 11.2. The first-order valence-corrected chi connectivity index (χ1v) is 9.27. The molecule has 0 unspecified atom stereocenters. The number of nitrogens with zero attached hydrogens (tertiary/aromatic N) is 1. The largest absolute Gasteiger partial charge is 0.494 e. The molecule has 1 aromatic heterocycles. The van der Waals surface area contributed by atoms with Crippen molar-refractivity contribution in [3.05, 3.63) is 64.9 Å². The zero-order valence-electron chi connectivity index (χ0n) is 15.0. The third-order valence-corrected chi connectivity index (χ3v) is 4.44. The second-order valence-corrected chi connectivity index (χ2v) is 6.62. The Morgan fingerprint density at radius 2 is 1.83 bits per heavy atom. The Kier molecular flexibility index (Phi) is 6.02. The van der Waals surface area contributed by atoms with E-state index in [2.05, 4.69) is 15.6 Å². The Bertz CT molecular complexity index is 1000. The van der Waals surface area contributed by atoms with Crippen LogP contribution in [0.15, 0.2) is 47.8 Å². The third kappa shape index (κ3) is 5.23. The van der Waals surface area contributed by atoms with E-state index >= 15 is 0 Å². The summed E-state index contributed by atoms with van der Waals surface area (Å²) in [6.07, 6.45) is -4.86. The van der Waals surface area contributed by atoms with Crippen LogP contribution < -0.4 is 15.4 Å². The Morgan fingerprint density at radius 1 is 1.14 bits per heavy atom. The molecule has 0 aliphatic heterocycles. The van der Waals surface area contributed by atoms with Crippen molar-refractivity contribution in [3.63, 3.8) is 0 Å². The quantitative estimate of drug-likeness (QED) is 0.498. The summed E-state index contributed by atoms with van der Waals surface area (Å²) in [6, 6.07) is 9.36. The van der Waals surface area contributed by atoms with Crippen LogP contribution in [0, 0.1) is 5.82 Å². The smallest absolute Gasteiger partial charge is 0.419 e. The Balaban J connectivity index is 1.68. The van der Waals surface area contributed by atoms with Gasteiger partial charge in [0.15, 0.2) is 5.13 Å². The van der Waals surface area contributed by atoms with Crippen molar-refractivity contribution in [3.8, 4) is 5.75 Å². The van der Waals surface area contributed by atoms with Crippen molar-refractivity contribution in [1.29, 1.82) is 0 Å². The highest BCUT2D eigenvalue weighted by molar-refractivity contribution is 7.14. The number of hydrogen-bond donors (Lipinski definition) is 2. The summed E-state index contributed by atoms with van der Waals surface area (Å²) in [5, 5.41) is 7.20. The van der Waals surface area contributed by atoms with Gasteiger partial charge >= 0.3 is 6.18 Å². The predicted octanol–water partition coefficient (Wildman–Crippen LogP) is 5.70. The van der Waals surface area contributed by atoms with Gasteiger partial charge in [-0.3, -0.25) is 4.79 Å². The summed E-state index contributed by atoms with van der Waals surface area (Å²) in [6.45, 7) is 2.43. The molecule has 2 N–H and O–H groups in total. The number of aromatic nitrogens is 1. The fraction of sp³-hybridized carbons (Fsp3) is 0.158.